The van der Waals surface area contributed by atoms with Crippen LogP contribution in [0.5, 0.6) is 0 Å². The van der Waals surface area contributed by atoms with Gasteiger partial charge in [-0.15, -0.1) is 0 Å². The number of carbonyl (C=O) groups excluding carboxylic acids is 1. The van der Waals surface area contributed by atoms with Crippen LogP contribution in [0.1, 0.15) is 51.4 Å². The van der Waals surface area contributed by atoms with Crippen LogP contribution in [0.25, 0.3) is 0 Å². The summed E-state index contributed by atoms with van der Waals surface area (Å²) in [6.07, 6.45) is 6.33. The summed E-state index contributed by atoms with van der Waals surface area (Å²) >= 11 is 0. The fourth-order valence-corrected chi connectivity index (χ4v) is 3.39. The van der Waals surface area contributed by atoms with Crippen molar-refractivity contribution in [2.45, 2.75) is 56.9 Å². The fourth-order valence-electron chi connectivity index (χ4n) is 3.39. The topological polar surface area (TPSA) is 102 Å². The van der Waals surface area contributed by atoms with Crippen molar-refractivity contribution in [3.05, 3.63) is 0 Å². The second-order valence-corrected chi connectivity index (χ2v) is 6.35. The van der Waals surface area contributed by atoms with Crippen LogP contribution in [0, 0.1) is 5.41 Å². The highest BCUT2D eigenvalue weighted by Gasteiger charge is 2.46. The fraction of sp³-hybridized carbons (Fsp3) is 0.867. The van der Waals surface area contributed by atoms with Crippen molar-refractivity contribution >= 4 is 11.9 Å². The summed E-state index contributed by atoms with van der Waals surface area (Å²) in [5.74, 6) is -1.16. The number of carbonyl (C=O) groups is 2. The molecule has 1 heterocycles. The van der Waals surface area contributed by atoms with E-state index in [-0.39, 0.29) is 12.5 Å². The second kappa shape index (κ2) is 6.75. The standard InChI is InChI=1S/C15H26N2O4/c16-11-14(5-3-1-2-4-6-14)12(18)17-15(13(19)20)7-9-21-10-8-15/h1-11,16H2,(H,17,18)(H,19,20). The molecule has 6 nitrogen and oxygen atoms in total. The average Bonchev–Trinajstić information content (AvgIpc) is 2.74. The minimum absolute atomic E-state index is 0.184. The Morgan fingerprint density at radius 1 is 1.05 bits per heavy atom. The van der Waals surface area contributed by atoms with Crippen LogP contribution in [0.3, 0.4) is 0 Å². The molecule has 21 heavy (non-hydrogen) atoms. The lowest BCUT2D eigenvalue weighted by Gasteiger charge is -2.38. The number of carboxylic acid groups (broad SMARTS) is 1. The molecule has 4 N–H and O–H groups in total. The van der Waals surface area contributed by atoms with Gasteiger partial charge < -0.3 is 20.9 Å². The second-order valence-electron chi connectivity index (χ2n) is 6.35. The molecule has 2 fully saturated rings. The van der Waals surface area contributed by atoms with Gasteiger partial charge in [0, 0.05) is 32.6 Å². The number of nitrogens with one attached hydrogen (secondary N) is 1. The summed E-state index contributed by atoms with van der Waals surface area (Å²) in [6.45, 7) is 1.01. The largest absolute Gasteiger partial charge is 0.480 e. The lowest BCUT2D eigenvalue weighted by atomic mass is 9.78. The summed E-state index contributed by atoms with van der Waals surface area (Å²) in [6, 6.07) is 0. The van der Waals surface area contributed by atoms with E-state index in [2.05, 4.69) is 5.32 Å². The van der Waals surface area contributed by atoms with Crippen molar-refractivity contribution in [1.29, 1.82) is 0 Å². The van der Waals surface area contributed by atoms with E-state index in [0.29, 0.717) is 26.1 Å². The minimum Gasteiger partial charge on any atom is -0.480 e. The number of hydrogen-bond donors (Lipinski definition) is 3. The lowest BCUT2D eigenvalue weighted by molar-refractivity contribution is -0.154. The first-order valence-electron chi connectivity index (χ1n) is 7.89. The molecule has 0 bridgehead atoms. The molecule has 0 spiro atoms. The van der Waals surface area contributed by atoms with Gasteiger partial charge in [-0.25, -0.2) is 4.79 Å². The van der Waals surface area contributed by atoms with E-state index >= 15 is 0 Å². The zero-order valence-electron chi connectivity index (χ0n) is 12.5. The average molecular weight is 298 g/mol. The van der Waals surface area contributed by atoms with Crippen LogP contribution >= 0.6 is 0 Å². The summed E-state index contributed by atoms with van der Waals surface area (Å²) in [7, 11) is 0. The van der Waals surface area contributed by atoms with Gasteiger partial charge >= 0.3 is 5.97 Å². The zero-order valence-corrected chi connectivity index (χ0v) is 12.5. The molecule has 1 saturated heterocycles. The number of aliphatic carboxylic acids is 1. The first-order chi connectivity index (χ1) is 10.0. The highest BCUT2D eigenvalue weighted by atomic mass is 16.5. The SMILES string of the molecule is NCC1(C(=O)NC2(C(=O)O)CCOCC2)CCCCCC1. The molecule has 1 amide bonds. The molecule has 1 saturated carbocycles. The third-order valence-electron chi connectivity index (χ3n) is 5.04. The first-order valence-corrected chi connectivity index (χ1v) is 7.89. The molecule has 0 aromatic carbocycles. The molecule has 0 aromatic heterocycles. The van der Waals surface area contributed by atoms with E-state index in [0.717, 1.165) is 38.5 Å². The molecule has 1 aliphatic heterocycles. The molecule has 2 aliphatic rings. The monoisotopic (exact) mass is 298 g/mol. The van der Waals surface area contributed by atoms with Crippen molar-refractivity contribution in [1.82, 2.24) is 5.32 Å². The maximum Gasteiger partial charge on any atom is 0.329 e. The van der Waals surface area contributed by atoms with E-state index in [4.69, 9.17) is 10.5 Å². The minimum atomic E-state index is -1.19. The first kappa shape index (κ1) is 16.2. The van der Waals surface area contributed by atoms with Gasteiger partial charge in [0.05, 0.1) is 5.41 Å². The van der Waals surface area contributed by atoms with E-state index in [1.165, 1.54) is 0 Å². The number of amides is 1. The number of carboxylic acids is 1. The summed E-state index contributed by atoms with van der Waals surface area (Å²) in [5, 5.41) is 12.4. The Hall–Kier alpha value is -1.14. The van der Waals surface area contributed by atoms with Gasteiger partial charge in [-0.1, -0.05) is 25.7 Å². The Balaban J connectivity index is 2.14. The van der Waals surface area contributed by atoms with Crippen molar-refractivity contribution in [2.75, 3.05) is 19.8 Å². The van der Waals surface area contributed by atoms with Crippen LogP contribution < -0.4 is 11.1 Å². The molecule has 0 aromatic rings. The van der Waals surface area contributed by atoms with Gasteiger partial charge in [-0.3, -0.25) is 4.79 Å². The number of nitrogens with two attached hydrogens (primary N) is 1. The number of rotatable bonds is 4. The Labute approximate surface area is 125 Å². The molecule has 1 aliphatic carbocycles. The van der Waals surface area contributed by atoms with Crippen LogP contribution in [-0.2, 0) is 14.3 Å². The van der Waals surface area contributed by atoms with E-state index in [1.54, 1.807) is 0 Å². The van der Waals surface area contributed by atoms with Gasteiger partial charge in [-0.05, 0) is 12.8 Å². The van der Waals surface area contributed by atoms with E-state index in [1.807, 2.05) is 0 Å². The smallest absolute Gasteiger partial charge is 0.329 e. The number of ether oxygens (including phenoxy) is 1. The zero-order chi connectivity index (χ0) is 15.3. The van der Waals surface area contributed by atoms with Gasteiger partial charge in [0.1, 0.15) is 5.54 Å². The summed E-state index contributed by atoms with van der Waals surface area (Å²) in [5.41, 5.74) is 4.11. The molecular formula is C15H26N2O4. The van der Waals surface area contributed by atoms with Crippen LogP contribution in [0.4, 0.5) is 0 Å². The molecule has 0 atom stereocenters. The van der Waals surface area contributed by atoms with Crippen molar-refractivity contribution in [3.8, 4) is 0 Å². The lowest BCUT2D eigenvalue weighted by Crippen LogP contribution is -2.61. The van der Waals surface area contributed by atoms with Gasteiger partial charge in [0.2, 0.25) is 5.91 Å². The number of hydrogen-bond acceptors (Lipinski definition) is 4. The van der Waals surface area contributed by atoms with Crippen LogP contribution in [-0.4, -0.2) is 42.3 Å². The van der Waals surface area contributed by atoms with Crippen LogP contribution in [0.15, 0.2) is 0 Å². The summed E-state index contributed by atoms with van der Waals surface area (Å²) in [4.78, 5) is 24.4. The van der Waals surface area contributed by atoms with Crippen molar-refractivity contribution in [3.63, 3.8) is 0 Å². The molecule has 2 rings (SSSR count). The Morgan fingerprint density at radius 3 is 2.10 bits per heavy atom. The van der Waals surface area contributed by atoms with E-state index < -0.39 is 16.9 Å². The normalized spacial score (nSPS) is 24.8. The Bertz CT molecular complexity index is 383. The summed E-state index contributed by atoms with van der Waals surface area (Å²) < 4.78 is 5.23. The highest BCUT2D eigenvalue weighted by Crippen LogP contribution is 2.35. The molecular weight excluding hydrogens is 272 g/mol. The third-order valence-corrected chi connectivity index (χ3v) is 5.04. The quantitative estimate of drug-likeness (QED) is 0.673. The molecule has 120 valence electrons. The van der Waals surface area contributed by atoms with E-state index in [9.17, 15) is 14.7 Å². The van der Waals surface area contributed by atoms with Gasteiger partial charge in [-0.2, -0.15) is 0 Å². The maximum atomic E-state index is 12.8. The highest BCUT2D eigenvalue weighted by molar-refractivity contribution is 5.90. The predicted octanol–water partition coefficient (Wildman–Crippen LogP) is 1.04. The molecule has 6 heteroatoms. The predicted molar refractivity (Wildman–Crippen MR) is 77.8 cm³/mol. The Kier molecular flexibility index (Phi) is 5.22. The molecule has 0 radical (unpaired) electrons. The maximum absolute atomic E-state index is 12.8. The van der Waals surface area contributed by atoms with Crippen LogP contribution in [0.2, 0.25) is 0 Å². The van der Waals surface area contributed by atoms with Gasteiger partial charge in [0.15, 0.2) is 0 Å². The third kappa shape index (κ3) is 3.37. The Morgan fingerprint density at radius 2 is 1.62 bits per heavy atom. The van der Waals surface area contributed by atoms with Crippen molar-refractivity contribution < 1.29 is 19.4 Å². The molecule has 0 unspecified atom stereocenters. The van der Waals surface area contributed by atoms with Crippen molar-refractivity contribution in [2.24, 2.45) is 11.1 Å². The van der Waals surface area contributed by atoms with Gasteiger partial charge in [0.25, 0.3) is 0 Å².